The number of nitro benzene ring substituents is 1. The fourth-order valence-electron chi connectivity index (χ4n) is 3.17. The van der Waals surface area contributed by atoms with Gasteiger partial charge in [0.05, 0.1) is 16.3 Å². The average molecular weight is 443 g/mol. The van der Waals surface area contributed by atoms with E-state index in [1.165, 1.54) is 25.2 Å². The number of anilines is 2. The number of phenolic OH excluding ortho intramolecular Hbond substituents is 2. The van der Waals surface area contributed by atoms with Gasteiger partial charge in [-0.25, -0.2) is 4.39 Å². The Morgan fingerprint density at radius 1 is 1.25 bits per heavy atom. The summed E-state index contributed by atoms with van der Waals surface area (Å²) >= 11 is 0. The third-order valence-corrected chi connectivity index (χ3v) is 4.80. The van der Waals surface area contributed by atoms with E-state index in [0.717, 1.165) is 11.0 Å². The van der Waals surface area contributed by atoms with Gasteiger partial charge in [0.2, 0.25) is 5.75 Å². The molecule has 1 aliphatic rings. The number of fused-ring (bicyclic) bond motifs is 1. The second-order valence-corrected chi connectivity index (χ2v) is 6.96. The smallest absolute Gasteiger partial charge is 0.315 e. The van der Waals surface area contributed by atoms with Crippen molar-refractivity contribution in [2.45, 2.75) is 6.54 Å². The second kappa shape index (κ2) is 8.68. The number of phenols is 2. The summed E-state index contributed by atoms with van der Waals surface area (Å²) in [6.07, 6.45) is 0. The zero-order chi connectivity index (χ0) is 23.6. The van der Waals surface area contributed by atoms with Gasteiger partial charge in [0.1, 0.15) is 17.6 Å². The molecular weight excluding hydrogens is 425 g/mol. The van der Waals surface area contributed by atoms with Crippen molar-refractivity contribution < 1.29 is 29.4 Å². The van der Waals surface area contributed by atoms with E-state index in [1.54, 1.807) is 0 Å². The van der Waals surface area contributed by atoms with Crippen molar-refractivity contribution in [1.82, 2.24) is 4.90 Å². The van der Waals surface area contributed by atoms with Crippen LogP contribution in [-0.4, -0.2) is 51.2 Å². The summed E-state index contributed by atoms with van der Waals surface area (Å²) < 4.78 is 14.5. The van der Waals surface area contributed by atoms with E-state index < -0.39 is 50.7 Å². The predicted molar refractivity (Wildman–Crippen MR) is 111 cm³/mol. The molecule has 0 spiro atoms. The van der Waals surface area contributed by atoms with Crippen LogP contribution in [0, 0.1) is 27.3 Å². The van der Waals surface area contributed by atoms with Crippen LogP contribution in [-0.2, 0) is 11.3 Å². The lowest BCUT2D eigenvalue weighted by atomic mass is 10.1. The molecular formula is C20H18FN5O6. The number of nitro groups is 1. The van der Waals surface area contributed by atoms with E-state index in [9.17, 15) is 39.9 Å². The van der Waals surface area contributed by atoms with Crippen molar-refractivity contribution in [1.29, 1.82) is 5.26 Å². The topological polar surface area (TPSA) is 172 Å². The Balaban J connectivity index is 1.92. The van der Waals surface area contributed by atoms with E-state index in [-0.39, 0.29) is 12.1 Å². The number of benzene rings is 2. The van der Waals surface area contributed by atoms with Crippen LogP contribution in [0.5, 0.6) is 11.5 Å². The Kier molecular flexibility index (Phi) is 6.01. The molecule has 1 amide bonds. The molecule has 3 rings (SSSR count). The molecule has 2 aromatic rings. The molecule has 1 heterocycles. The normalized spacial score (nSPS) is 13.0. The number of carbonyl (C=O) groups excluding carboxylic acids is 1. The Morgan fingerprint density at radius 2 is 1.88 bits per heavy atom. The van der Waals surface area contributed by atoms with Gasteiger partial charge in [0.15, 0.2) is 11.3 Å². The largest absolute Gasteiger partial charge is 0.506 e. The summed E-state index contributed by atoms with van der Waals surface area (Å²) in [5.41, 5.74) is -0.757. The third kappa shape index (κ3) is 4.17. The molecule has 12 heteroatoms. The van der Waals surface area contributed by atoms with Crippen molar-refractivity contribution in [3.8, 4) is 17.6 Å². The van der Waals surface area contributed by atoms with Crippen molar-refractivity contribution >= 4 is 28.7 Å². The number of amides is 1. The highest BCUT2D eigenvalue weighted by Gasteiger charge is 2.26. The van der Waals surface area contributed by atoms with Gasteiger partial charge in [0, 0.05) is 43.9 Å². The zero-order valence-corrected chi connectivity index (χ0v) is 16.7. The van der Waals surface area contributed by atoms with Gasteiger partial charge < -0.3 is 30.9 Å². The van der Waals surface area contributed by atoms with E-state index in [1.807, 2.05) is 0 Å². The SMILES string of the molecule is CN(Cc1cc2c(cc1F)NCCN2)C(=O)/C(C#N)=C(\O)c1cc(O)c(O)c([N+](=O)[O-])c1. The standard InChI is InChI=1S/C20H18FN5O6/c1-25(9-11-4-14-15(7-13(11)21)24-3-2-23-14)20(30)12(8-22)18(28)10-5-16(26(31)32)19(29)17(27)6-10/h4-7,23-24,27-29H,2-3,9H2,1H3/b18-12-. The molecule has 0 aromatic heterocycles. The summed E-state index contributed by atoms with van der Waals surface area (Å²) in [4.78, 5) is 23.8. The number of carbonyl (C=O) groups is 1. The first-order valence-electron chi connectivity index (χ1n) is 9.23. The summed E-state index contributed by atoms with van der Waals surface area (Å²) in [6.45, 7) is 1.03. The minimum atomic E-state index is -1.03. The van der Waals surface area contributed by atoms with Crippen LogP contribution < -0.4 is 10.6 Å². The Hall–Kier alpha value is -4.53. The van der Waals surface area contributed by atoms with Gasteiger partial charge in [-0.1, -0.05) is 0 Å². The number of aliphatic hydroxyl groups excluding tert-OH is 1. The van der Waals surface area contributed by atoms with Gasteiger partial charge in [-0.05, 0) is 18.2 Å². The van der Waals surface area contributed by atoms with Crippen molar-refractivity contribution in [2.75, 3.05) is 30.8 Å². The van der Waals surface area contributed by atoms with Crippen LogP contribution in [0.1, 0.15) is 11.1 Å². The first kappa shape index (κ1) is 22.2. The number of aromatic hydroxyl groups is 2. The highest BCUT2D eigenvalue weighted by atomic mass is 19.1. The molecule has 32 heavy (non-hydrogen) atoms. The minimum Gasteiger partial charge on any atom is -0.506 e. The highest BCUT2D eigenvalue weighted by Crippen LogP contribution is 2.38. The number of nitriles is 1. The van der Waals surface area contributed by atoms with Crippen molar-refractivity contribution in [3.05, 3.63) is 56.9 Å². The maximum Gasteiger partial charge on any atom is 0.315 e. The van der Waals surface area contributed by atoms with Crippen molar-refractivity contribution in [2.24, 2.45) is 0 Å². The fraction of sp³-hybridized carbons (Fsp3) is 0.200. The Morgan fingerprint density at radius 3 is 2.47 bits per heavy atom. The maximum atomic E-state index is 14.5. The number of nitrogens with one attached hydrogen (secondary N) is 2. The Bertz CT molecular complexity index is 1190. The van der Waals surface area contributed by atoms with Gasteiger partial charge in [-0.3, -0.25) is 14.9 Å². The molecule has 2 aromatic carbocycles. The van der Waals surface area contributed by atoms with Crippen molar-refractivity contribution in [3.63, 3.8) is 0 Å². The predicted octanol–water partition coefficient (Wildman–Crippen LogP) is 2.43. The summed E-state index contributed by atoms with van der Waals surface area (Å²) in [7, 11) is 1.29. The quantitative estimate of drug-likeness (QED) is 0.116. The number of rotatable bonds is 5. The molecule has 0 bridgehead atoms. The average Bonchev–Trinajstić information content (AvgIpc) is 2.76. The minimum absolute atomic E-state index is 0.158. The Labute approximate surface area is 180 Å². The van der Waals surface area contributed by atoms with Crippen LogP contribution in [0.2, 0.25) is 0 Å². The molecule has 166 valence electrons. The molecule has 0 unspecified atom stereocenters. The molecule has 0 radical (unpaired) electrons. The molecule has 0 saturated carbocycles. The fourth-order valence-corrected chi connectivity index (χ4v) is 3.17. The van der Waals surface area contributed by atoms with E-state index in [2.05, 4.69) is 10.6 Å². The van der Waals surface area contributed by atoms with E-state index in [0.29, 0.717) is 30.5 Å². The molecule has 11 nitrogen and oxygen atoms in total. The van der Waals surface area contributed by atoms with E-state index >= 15 is 0 Å². The lowest BCUT2D eigenvalue weighted by Gasteiger charge is -2.23. The van der Waals surface area contributed by atoms with Gasteiger partial charge in [-0.2, -0.15) is 5.26 Å². The first-order valence-corrected chi connectivity index (χ1v) is 9.23. The number of hydrogen-bond acceptors (Lipinski definition) is 9. The molecule has 0 atom stereocenters. The number of aliphatic hydroxyl groups is 1. The summed E-state index contributed by atoms with van der Waals surface area (Å²) in [5.74, 6) is -4.45. The highest BCUT2D eigenvalue weighted by molar-refractivity contribution is 6.03. The molecule has 5 N–H and O–H groups in total. The summed E-state index contributed by atoms with van der Waals surface area (Å²) in [6, 6.07) is 5.80. The second-order valence-electron chi connectivity index (χ2n) is 6.96. The van der Waals surface area contributed by atoms with Gasteiger partial charge in [-0.15, -0.1) is 0 Å². The molecule has 0 aliphatic carbocycles. The monoisotopic (exact) mass is 443 g/mol. The number of likely N-dealkylation sites (N-methyl/N-ethyl adjacent to an activating group) is 1. The van der Waals surface area contributed by atoms with Gasteiger partial charge in [0.25, 0.3) is 5.91 Å². The number of halogens is 1. The van der Waals surface area contributed by atoms with Crippen LogP contribution in [0.3, 0.4) is 0 Å². The van der Waals surface area contributed by atoms with E-state index in [4.69, 9.17) is 0 Å². The molecule has 0 saturated heterocycles. The van der Waals surface area contributed by atoms with Crippen LogP contribution in [0.4, 0.5) is 21.5 Å². The van der Waals surface area contributed by atoms with Crippen LogP contribution >= 0.6 is 0 Å². The first-order chi connectivity index (χ1) is 15.1. The molecule has 0 fully saturated rings. The van der Waals surface area contributed by atoms with Crippen LogP contribution in [0.15, 0.2) is 29.8 Å². The number of nitrogens with zero attached hydrogens (tertiary/aromatic N) is 3. The zero-order valence-electron chi connectivity index (χ0n) is 16.7. The maximum absolute atomic E-state index is 14.5. The third-order valence-electron chi connectivity index (χ3n) is 4.80. The molecule has 1 aliphatic heterocycles. The summed E-state index contributed by atoms with van der Waals surface area (Å²) in [5, 5.41) is 56.2. The lowest BCUT2D eigenvalue weighted by molar-refractivity contribution is -0.386. The van der Waals surface area contributed by atoms with Crippen LogP contribution in [0.25, 0.3) is 5.76 Å². The van der Waals surface area contributed by atoms with Gasteiger partial charge >= 0.3 is 5.69 Å². The lowest BCUT2D eigenvalue weighted by Crippen LogP contribution is -2.29. The number of hydrogen-bond donors (Lipinski definition) is 5.